The zero-order chi connectivity index (χ0) is 11.8. The molecule has 0 aromatic heterocycles. The number of carbonyl (C=O) groups is 3. The maximum Gasteiger partial charge on any atom is 0.320 e. The number of hydrogen-bond donors (Lipinski definition) is 4. The van der Waals surface area contributed by atoms with E-state index < -0.39 is 23.8 Å². The third-order valence-electron chi connectivity index (χ3n) is 1.71. The minimum absolute atomic E-state index is 0.431. The second-order valence-electron chi connectivity index (χ2n) is 2.86. The summed E-state index contributed by atoms with van der Waals surface area (Å²) in [6.45, 7) is 2.68. The van der Waals surface area contributed by atoms with Gasteiger partial charge in [0.1, 0.15) is 6.04 Å². The Hall–Kier alpha value is -1.63. The molecule has 1 aliphatic heterocycles. The van der Waals surface area contributed by atoms with Gasteiger partial charge < -0.3 is 21.1 Å². The number of carboxylic acid groups (broad SMARTS) is 1. The van der Waals surface area contributed by atoms with Crippen molar-refractivity contribution >= 4 is 17.8 Å². The van der Waals surface area contributed by atoms with Crippen LogP contribution < -0.4 is 16.0 Å². The van der Waals surface area contributed by atoms with Crippen LogP contribution in [0.2, 0.25) is 0 Å². The van der Waals surface area contributed by atoms with Crippen LogP contribution in [0, 0.1) is 0 Å². The maximum atomic E-state index is 10.3. The lowest BCUT2D eigenvalue weighted by molar-refractivity contribution is -0.140. The van der Waals surface area contributed by atoms with Crippen molar-refractivity contribution in [2.75, 3.05) is 20.1 Å². The summed E-state index contributed by atoms with van der Waals surface area (Å²) >= 11 is 0. The van der Waals surface area contributed by atoms with Gasteiger partial charge in [-0.25, -0.2) is 0 Å². The molecule has 4 N–H and O–H groups in total. The fourth-order valence-electron chi connectivity index (χ4n) is 0.636. The maximum absolute atomic E-state index is 10.3. The number of rotatable bonds is 2. The number of carboxylic acids is 1. The third-order valence-corrected chi connectivity index (χ3v) is 1.71. The Morgan fingerprint density at radius 2 is 1.73 bits per heavy atom. The second-order valence-corrected chi connectivity index (χ2v) is 2.86. The molecule has 1 heterocycles. The van der Waals surface area contributed by atoms with E-state index in [1.165, 1.54) is 0 Å². The molecule has 1 aliphatic rings. The number of aliphatic carboxylic acids is 1. The van der Waals surface area contributed by atoms with Crippen LogP contribution in [-0.2, 0) is 14.4 Å². The van der Waals surface area contributed by atoms with E-state index in [1.54, 1.807) is 14.0 Å². The van der Waals surface area contributed by atoms with Crippen LogP contribution in [0.4, 0.5) is 0 Å². The van der Waals surface area contributed by atoms with Gasteiger partial charge in [-0.3, -0.25) is 14.4 Å². The van der Waals surface area contributed by atoms with Gasteiger partial charge in [0.05, 0.1) is 0 Å². The molecule has 0 bridgehead atoms. The minimum Gasteiger partial charge on any atom is -0.480 e. The molecule has 0 aromatic rings. The third kappa shape index (κ3) is 5.63. The monoisotopic (exact) mass is 217 g/mol. The lowest BCUT2D eigenvalue weighted by atomic mass is 10.4. The molecule has 0 aromatic carbocycles. The predicted octanol–water partition coefficient (Wildman–Crippen LogP) is -2.09. The summed E-state index contributed by atoms with van der Waals surface area (Å²) in [7, 11) is 1.61. The van der Waals surface area contributed by atoms with Crippen LogP contribution in [0.25, 0.3) is 0 Å². The lowest BCUT2D eigenvalue weighted by Gasteiger charge is -2.10. The van der Waals surface area contributed by atoms with Crippen LogP contribution in [0.5, 0.6) is 0 Å². The Morgan fingerprint density at radius 3 is 1.87 bits per heavy atom. The van der Waals surface area contributed by atoms with Gasteiger partial charge in [0.25, 0.3) is 0 Å². The molecule has 7 nitrogen and oxygen atoms in total. The first kappa shape index (κ1) is 13.4. The second kappa shape index (κ2) is 6.77. The van der Waals surface area contributed by atoms with Crippen LogP contribution in [-0.4, -0.2) is 49.1 Å². The van der Waals surface area contributed by atoms with Crippen molar-refractivity contribution in [1.29, 1.82) is 0 Å². The van der Waals surface area contributed by atoms with Crippen molar-refractivity contribution in [3.63, 3.8) is 0 Å². The highest BCUT2D eigenvalue weighted by Gasteiger charge is 2.15. The fourth-order valence-corrected chi connectivity index (χ4v) is 0.636. The summed E-state index contributed by atoms with van der Waals surface area (Å²) in [5.41, 5.74) is 0. The number of nitrogens with one attached hydrogen (secondary N) is 3. The molecule has 1 unspecified atom stereocenters. The first-order valence-corrected chi connectivity index (χ1v) is 4.45. The largest absolute Gasteiger partial charge is 0.480 e. The van der Waals surface area contributed by atoms with E-state index in [4.69, 9.17) is 5.11 Å². The van der Waals surface area contributed by atoms with E-state index in [0.29, 0.717) is 13.1 Å². The van der Waals surface area contributed by atoms with Gasteiger partial charge in [-0.1, -0.05) is 0 Å². The van der Waals surface area contributed by atoms with Gasteiger partial charge in [-0.2, -0.15) is 0 Å². The van der Waals surface area contributed by atoms with Crippen LogP contribution in [0.1, 0.15) is 6.92 Å². The summed E-state index contributed by atoms with van der Waals surface area (Å²) in [6.07, 6.45) is 0. The quantitative estimate of drug-likeness (QED) is 0.397. The molecule has 1 atom stereocenters. The molecular weight excluding hydrogens is 202 g/mol. The first-order valence-electron chi connectivity index (χ1n) is 4.45. The molecule has 0 spiro atoms. The molecule has 7 heteroatoms. The topological polar surface area (TPSA) is 108 Å². The fraction of sp³-hybridized carbons (Fsp3) is 0.625. The number of amides is 2. The summed E-state index contributed by atoms with van der Waals surface area (Å²) < 4.78 is 0. The van der Waals surface area contributed by atoms with Crippen molar-refractivity contribution in [2.45, 2.75) is 13.0 Å². The Labute approximate surface area is 87.2 Å². The predicted molar refractivity (Wildman–Crippen MR) is 52.2 cm³/mol. The van der Waals surface area contributed by atoms with Crippen molar-refractivity contribution in [2.24, 2.45) is 0 Å². The number of carbonyl (C=O) groups excluding carboxylic acids is 2. The normalized spacial score (nSPS) is 16.7. The highest BCUT2D eigenvalue weighted by Crippen LogP contribution is 1.74. The molecular formula is C8H15N3O4. The standard InChI is InChI=1S/C4H6N2O2.C4H9NO2/c7-3-4(8)6-2-1-5-3;1-3(5-2)4(6)7/h1-2H2,(H,5,7)(H,6,8);3,5H,1-2H3,(H,6,7). The van der Waals surface area contributed by atoms with Crippen molar-refractivity contribution < 1.29 is 19.5 Å². The van der Waals surface area contributed by atoms with Crippen molar-refractivity contribution in [1.82, 2.24) is 16.0 Å². The van der Waals surface area contributed by atoms with Gasteiger partial charge >= 0.3 is 17.8 Å². The van der Waals surface area contributed by atoms with Crippen molar-refractivity contribution in [3.05, 3.63) is 0 Å². The summed E-state index contributed by atoms with van der Waals surface area (Å²) in [5.74, 6) is -1.88. The summed E-state index contributed by atoms with van der Waals surface area (Å²) in [6, 6.07) is -0.431. The van der Waals surface area contributed by atoms with Gasteiger partial charge in [0.15, 0.2) is 0 Å². The Morgan fingerprint density at radius 1 is 1.33 bits per heavy atom. The Kier molecular flexibility index (Phi) is 6.03. The Balaban J connectivity index is 0.000000265. The van der Waals surface area contributed by atoms with E-state index in [2.05, 4.69) is 16.0 Å². The molecule has 0 aliphatic carbocycles. The number of hydrogen-bond acceptors (Lipinski definition) is 4. The molecule has 2 amide bonds. The minimum atomic E-state index is -0.817. The van der Waals surface area contributed by atoms with Crippen molar-refractivity contribution in [3.8, 4) is 0 Å². The van der Waals surface area contributed by atoms with Crippen LogP contribution >= 0.6 is 0 Å². The summed E-state index contributed by atoms with van der Waals surface area (Å²) in [5, 5.41) is 15.4. The van der Waals surface area contributed by atoms with Gasteiger partial charge in [0.2, 0.25) is 0 Å². The smallest absolute Gasteiger partial charge is 0.320 e. The lowest BCUT2D eigenvalue weighted by Crippen LogP contribution is -2.49. The van der Waals surface area contributed by atoms with Crippen LogP contribution in [0.3, 0.4) is 0 Å². The molecule has 0 radical (unpaired) electrons. The zero-order valence-electron chi connectivity index (χ0n) is 8.66. The molecule has 15 heavy (non-hydrogen) atoms. The van der Waals surface area contributed by atoms with Crippen LogP contribution in [0.15, 0.2) is 0 Å². The SMILES string of the molecule is CNC(C)C(=O)O.O=C1NCCNC1=O. The average Bonchev–Trinajstić information content (AvgIpc) is 2.22. The number of likely N-dealkylation sites (N-methyl/N-ethyl adjacent to an activating group) is 1. The van der Waals surface area contributed by atoms with E-state index in [1.807, 2.05) is 0 Å². The molecule has 86 valence electrons. The first-order chi connectivity index (χ1) is 6.99. The highest BCUT2D eigenvalue weighted by atomic mass is 16.4. The van der Waals surface area contributed by atoms with Gasteiger partial charge in [-0.15, -0.1) is 0 Å². The number of piperazine rings is 1. The molecule has 1 rings (SSSR count). The van der Waals surface area contributed by atoms with E-state index in [-0.39, 0.29) is 0 Å². The van der Waals surface area contributed by atoms with E-state index >= 15 is 0 Å². The van der Waals surface area contributed by atoms with E-state index in [0.717, 1.165) is 0 Å². The molecule has 1 fully saturated rings. The van der Waals surface area contributed by atoms with Gasteiger partial charge in [0, 0.05) is 13.1 Å². The average molecular weight is 217 g/mol. The Bertz CT molecular complexity index is 238. The van der Waals surface area contributed by atoms with Gasteiger partial charge in [-0.05, 0) is 14.0 Å². The summed E-state index contributed by atoms with van der Waals surface area (Å²) in [4.78, 5) is 30.4. The zero-order valence-corrected chi connectivity index (χ0v) is 8.66. The molecule has 0 saturated carbocycles. The van der Waals surface area contributed by atoms with E-state index in [9.17, 15) is 14.4 Å². The molecule has 1 saturated heterocycles. The highest BCUT2D eigenvalue weighted by molar-refractivity contribution is 6.35.